The molecule has 1 aromatic carbocycles. The van der Waals surface area contributed by atoms with E-state index in [2.05, 4.69) is 50.8 Å². The summed E-state index contributed by atoms with van der Waals surface area (Å²) in [7, 11) is 0. The highest BCUT2D eigenvalue weighted by atomic mass is 15.2. The summed E-state index contributed by atoms with van der Waals surface area (Å²) in [5.41, 5.74) is 10.1. The molecule has 1 saturated heterocycles. The van der Waals surface area contributed by atoms with Crippen molar-refractivity contribution in [2.75, 3.05) is 19.6 Å². The van der Waals surface area contributed by atoms with Gasteiger partial charge in [0.15, 0.2) is 0 Å². The maximum Gasteiger partial charge on any atom is 0.0320 e. The largest absolute Gasteiger partial charge is 0.330 e. The van der Waals surface area contributed by atoms with E-state index in [1.54, 1.807) is 0 Å². The molecule has 1 heterocycles. The van der Waals surface area contributed by atoms with Crippen molar-refractivity contribution in [1.29, 1.82) is 0 Å². The summed E-state index contributed by atoms with van der Waals surface area (Å²) in [5, 5.41) is 0. The van der Waals surface area contributed by atoms with Crippen molar-refractivity contribution in [1.82, 2.24) is 4.90 Å². The van der Waals surface area contributed by atoms with E-state index in [4.69, 9.17) is 5.73 Å². The molecular weight excluding hydrogens is 232 g/mol. The molecule has 2 rings (SSSR count). The highest BCUT2D eigenvalue weighted by Crippen LogP contribution is 2.30. The van der Waals surface area contributed by atoms with Crippen LogP contribution in [0.4, 0.5) is 0 Å². The molecule has 2 N–H and O–H groups in total. The fourth-order valence-electron chi connectivity index (χ4n) is 3.30. The molecule has 0 spiro atoms. The van der Waals surface area contributed by atoms with Crippen LogP contribution in [0.3, 0.4) is 0 Å². The third kappa shape index (κ3) is 3.37. The quantitative estimate of drug-likeness (QED) is 0.903. The van der Waals surface area contributed by atoms with Crippen LogP contribution < -0.4 is 5.73 Å². The lowest BCUT2D eigenvalue weighted by Gasteiger charge is -2.40. The molecule has 3 unspecified atom stereocenters. The van der Waals surface area contributed by atoms with Gasteiger partial charge in [0, 0.05) is 12.6 Å². The number of benzene rings is 1. The topological polar surface area (TPSA) is 29.3 Å². The summed E-state index contributed by atoms with van der Waals surface area (Å²) in [4.78, 5) is 2.60. The molecule has 0 bridgehead atoms. The highest BCUT2D eigenvalue weighted by Gasteiger charge is 2.28. The van der Waals surface area contributed by atoms with Crippen LogP contribution in [0.5, 0.6) is 0 Å². The van der Waals surface area contributed by atoms with Gasteiger partial charge < -0.3 is 5.73 Å². The molecule has 0 aromatic heterocycles. The molecule has 2 nitrogen and oxygen atoms in total. The average molecular weight is 260 g/mol. The first-order valence-corrected chi connectivity index (χ1v) is 7.53. The summed E-state index contributed by atoms with van der Waals surface area (Å²) in [6, 6.07) is 7.40. The Morgan fingerprint density at radius 1 is 1.26 bits per heavy atom. The second-order valence-electron chi connectivity index (χ2n) is 6.35. The Labute approximate surface area is 118 Å². The Kier molecular flexibility index (Phi) is 4.64. The van der Waals surface area contributed by atoms with Gasteiger partial charge in [-0.3, -0.25) is 4.90 Å². The molecule has 1 aromatic rings. The first kappa shape index (κ1) is 14.5. The molecule has 0 amide bonds. The van der Waals surface area contributed by atoms with Gasteiger partial charge in [0.1, 0.15) is 0 Å². The molecule has 0 aliphatic carbocycles. The number of aryl methyl sites for hydroxylation is 2. The van der Waals surface area contributed by atoms with Crippen LogP contribution in [0.2, 0.25) is 0 Å². The molecule has 0 radical (unpaired) electrons. The van der Waals surface area contributed by atoms with E-state index in [-0.39, 0.29) is 0 Å². The lowest BCUT2D eigenvalue weighted by molar-refractivity contribution is 0.0978. The number of likely N-dealkylation sites (tertiary alicyclic amines) is 1. The Hall–Kier alpha value is -0.860. The van der Waals surface area contributed by atoms with Crippen molar-refractivity contribution in [3.8, 4) is 0 Å². The Balaban J connectivity index is 2.12. The van der Waals surface area contributed by atoms with Crippen molar-refractivity contribution in [2.24, 2.45) is 17.6 Å². The van der Waals surface area contributed by atoms with Gasteiger partial charge in [-0.2, -0.15) is 0 Å². The van der Waals surface area contributed by atoms with Gasteiger partial charge in [0.2, 0.25) is 0 Å². The fraction of sp³-hybridized carbons (Fsp3) is 0.647. The van der Waals surface area contributed by atoms with E-state index in [1.807, 2.05) is 0 Å². The SMILES string of the molecule is Cc1cc(C)cc(C(C)N2CCC(C)C(CN)C2)c1. The predicted molar refractivity (Wildman–Crippen MR) is 82.2 cm³/mol. The van der Waals surface area contributed by atoms with Gasteiger partial charge in [0.05, 0.1) is 0 Å². The Bertz CT molecular complexity index is 407. The van der Waals surface area contributed by atoms with E-state index in [1.165, 1.54) is 29.7 Å². The number of rotatable bonds is 3. The van der Waals surface area contributed by atoms with Crippen molar-refractivity contribution < 1.29 is 0 Å². The minimum absolute atomic E-state index is 0.500. The summed E-state index contributed by atoms with van der Waals surface area (Å²) >= 11 is 0. The fourth-order valence-corrected chi connectivity index (χ4v) is 3.30. The molecule has 3 atom stereocenters. The maximum absolute atomic E-state index is 5.92. The van der Waals surface area contributed by atoms with Gasteiger partial charge in [0.25, 0.3) is 0 Å². The number of hydrogen-bond donors (Lipinski definition) is 1. The van der Waals surface area contributed by atoms with Crippen LogP contribution in [0.1, 0.15) is 43.0 Å². The monoisotopic (exact) mass is 260 g/mol. The molecular formula is C17H28N2. The molecule has 1 aliphatic rings. The molecule has 1 fully saturated rings. The number of piperidine rings is 1. The van der Waals surface area contributed by atoms with Gasteiger partial charge in [-0.25, -0.2) is 0 Å². The molecule has 0 saturated carbocycles. The van der Waals surface area contributed by atoms with Gasteiger partial charge in [-0.05, 0) is 57.7 Å². The van der Waals surface area contributed by atoms with E-state index in [0.717, 1.165) is 19.0 Å². The van der Waals surface area contributed by atoms with E-state index < -0.39 is 0 Å². The van der Waals surface area contributed by atoms with Crippen molar-refractivity contribution >= 4 is 0 Å². The van der Waals surface area contributed by atoms with Crippen molar-refractivity contribution in [3.05, 3.63) is 34.9 Å². The van der Waals surface area contributed by atoms with Crippen molar-refractivity contribution in [2.45, 2.75) is 40.2 Å². The average Bonchev–Trinajstić information content (AvgIpc) is 2.37. The summed E-state index contributed by atoms with van der Waals surface area (Å²) < 4.78 is 0. The van der Waals surface area contributed by atoms with Gasteiger partial charge in [-0.1, -0.05) is 36.2 Å². The van der Waals surface area contributed by atoms with Crippen LogP contribution in [0.15, 0.2) is 18.2 Å². The van der Waals surface area contributed by atoms with Crippen LogP contribution in [-0.2, 0) is 0 Å². The summed E-state index contributed by atoms with van der Waals surface area (Å²) in [6.07, 6.45) is 1.27. The third-order valence-corrected chi connectivity index (χ3v) is 4.72. The van der Waals surface area contributed by atoms with E-state index in [9.17, 15) is 0 Å². The molecule has 1 aliphatic heterocycles. The number of hydrogen-bond acceptors (Lipinski definition) is 2. The number of nitrogens with zero attached hydrogens (tertiary/aromatic N) is 1. The molecule has 2 heteroatoms. The number of nitrogens with two attached hydrogens (primary N) is 1. The minimum atomic E-state index is 0.500. The predicted octanol–water partition coefficient (Wildman–Crippen LogP) is 3.28. The Morgan fingerprint density at radius 3 is 2.47 bits per heavy atom. The molecule has 106 valence electrons. The zero-order valence-corrected chi connectivity index (χ0v) is 12.8. The van der Waals surface area contributed by atoms with Crippen LogP contribution in [0.25, 0.3) is 0 Å². The lowest BCUT2D eigenvalue weighted by Crippen LogP contribution is -2.43. The first-order chi connectivity index (χ1) is 9.01. The Morgan fingerprint density at radius 2 is 1.89 bits per heavy atom. The van der Waals surface area contributed by atoms with Gasteiger partial charge >= 0.3 is 0 Å². The lowest BCUT2D eigenvalue weighted by atomic mass is 9.86. The van der Waals surface area contributed by atoms with Crippen LogP contribution in [0, 0.1) is 25.7 Å². The van der Waals surface area contributed by atoms with Crippen LogP contribution in [-0.4, -0.2) is 24.5 Å². The summed E-state index contributed by atoms with van der Waals surface area (Å²) in [5.74, 6) is 1.43. The summed E-state index contributed by atoms with van der Waals surface area (Å²) in [6.45, 7) is 12.2. The van der Waals surface area contributed by atoms with E-state index >= 15 is 0 Å². The standard InChI is InChI=1S/C17H28N2/c1-12-7-13(2)9-16(8-12)15(4)19-6-5-14(3)17(10-18)11-19/h7-9,14-15,17H,5-6,10-11,18H2,1-4H3. The van der Waals surface area contributed by atoms with Crippen molar-refractivity contribution in [3.63, 3.8) is 0 Å². The second-order valence-corrected chi connectivity index (χ2v) is 6.35. The normalized spacial score (nSPS) is 26.4. The molecule has 19 heavy (non-hydrogen) atoms. The van der Waals surface area contributed by atoms with E-state index in [0.29, 0.717) is 12.0 Å². The smallest absolute Gasteiger partial charge is 0.0320 e. The zero-order valence-electron chi connectivity index (χ0n) is 12.8. The highest BCUT2D eigenvalue weighted by molar-refractivity contribution is 5.30. The second kappa shape index (κ2) is 6.06. The third-order valence-electron chi connectivity index (χ3n) is 4.72. The minimum Gasteiger partial charge on any atom is -0.330 e. The maximum atomic E-state index is 5.92. The van der Waals surface area contributed by atoms with Gasteiger partial charge in [-0.15, -0.1) is 0 Å². The van der Waals surface area contributed by atoms with Crippen LogP contribution >= 0.6 is 0 Å². The zero-order chi connectivity index (χ0) is 14.0. The first-order valence-electron chi connectivity index (χ1n) is 7.53.